The van der Waals surface area contributed by atoms with E-state index in [2.05, 4.69) is 21.2 Å². The Morgan fingerprint density at radius 1 is 1.14 bits per heavy atom. The van der Waals surface area contributed by atoms with E-state index in [4.69, 9.17) is 9.47 Å². The normalized spacial score (nSPS) is 10.5. The van der Waals surface area contributed by atoms with E-state index in [0.29, 0.717) is 17.9 Å². The van der Waals surface area contributed by atoms with Crippen LogP contribution in [-0.4, -0.2) is 14.2 Å². The predicted molar refractivity (Wildman–Crippen MR) is 84.2 cm³/mol. The Bertz CT molecular complexity index is 619. The first-order valence-electron chi connectivity index (χ1n) is 6.52. The minimum Gasteiger partial charge on any atom is -0.497 e. The van der Waals surface area contributed by atoms with Crippen molar-refractivity contribution in [1.29, 1.82) is 0 Å². The highest BCUT2D eigenvalue weighted by atomic mass is 79.9. The second-order valence-electron chi connectivity index (χ2n) is 4.53. The Morgan fingerprint density at radius 2 is 1.95 bits per heavy atom. The number of hydrogen-bond acceptors (Lipinski definition) is 3. The molecule has 5 heteroatoms. The van der Waals surface area contributed by atoms with Crippen LogP contribution in [0.25, 0.3) is 0 Å². The monoisotopic (exact) mass is 353 g/mol. The molecule has 0 aromatic heterocycles. The predicted octanol–water partition coefficient (Wildman–Crippen LogP) is 3.90. The molecule has 0 amide bonds. The molecule has 0 bridgehead atoms. The fourth-order valence-electron chi connectivity index (χ4n) is 1.96. The summed E-state index contributed by atoms with van der Waals surface area (Å²) >= 11 is 3.33. The maximum atomic E-state index is 13.7. The number of rotatable bonds is 6. The molecule has 112 valence electrons. The first-order valence-corrected chi connectivity index (χ1v) is 7.31. The number of hydrogen-bond donors (Lipinski definition) is 1. The van der Waals surface area contributed by atoms with Crippen LogP contribution in [0.5, 0.6) is 11.5 Å². The summed E-state index contributed by atoms with van der Waals surface area (Å²) in [5.74, 6) is 1.20. The SMILES string of the molecule is CNCc1cc(OC)ccc1OCc1cc(Br)ccc1F. The smallest absolute Gasteiger partial charge is 0.129 e. The van der Waals surface area contributed by atoms with Crippen molar-refractivity contribution in [2.45, 2.75) is 13.2 Å². The average molecular weight is 354 g/mol. The highest BCUT2D eigenvalue weighted by Crippen LogP contribution is 2.25. The molecule has 0 saturated heterocycles. The van der Waals surface area contributed by atoms with Gasteiger partial charge in [0.15, 0.2) is 0 Å². The summed E-state index contributed by atoms with van der Waals surface area (Å²) in [4.78, 5) is 0. The van der Waals surface area contributed by atoms with Crippen molar-refractivity contribution in [3.8, 4) is 11.5 Å². The van der Waals surface area contributed by atoms with Crippen LogP contribution in [-0.2, 0) is 13.2 Å². The molecule has 0 unspecified atom stereocenters. The zero-order chi connectivity index (χ0) is 15.2. The maximum Gasteiger partial charge on any atom is 0.129 e. The molecule has 0 fully saturated rings. The fraction of sp³-hybridized carbons (Fsp3) is 0.250. The first kappa shape index (κ1) is 15.8. The van der Waals surface area contributed by atoms with E-state index in [1.54, 1.807) is 19.2 Å². The Hall–Kier alpha value is -1.59. The third kappa shape index (κ3) is 4.19. The van der Waals surface area contributed by atoms with Crippen LogP contribution < -0.4 is 14.8 Å². The second-order valence-corrected chi connectivity index (χ2v) is 5.44. The van der Waals surface area contributed by atoms with Gasteiger partial charge in [0.25, 0.3) is 0 Å². The standard InChI is InChI=1S/C16H17BrFNO2/c1-19-9-11-8-14(20-2)4-6-16(11)21-10-12-7-13(17)3-5-15(12)18/h3-8,19H,9-10H2,1-2H3. The van der Waals surface area contributed by atoms with Crippen LogP contribution in [0.3, 0.4) is 0 Å². The van der Waals surface area contributed by atoms with Crippen LogP contribution >= 0.6 is 15.9 Å². The second kappa shape index (κ2) is 7.43. The van der Waals surface area contributed by atoms with Gasteiger partial charge in [0.2, 0.25) is 0 Å². The lowest BCUT2D eigenvalue weighted by Crippen LogP contribution is -2.08. The molecule has 21 heavy (non-hydrogen) atoms. The van der Waals surface area contributed by atoms with Gasteiger partial charge in [-0.25, -0.2) is 4.39 Å². The lowest BCUT2D eigenvalue weighted by molar-refractivity contribution is 0.295. The van der Waals surface area contributed by atoms with Crippen molar-refractivity contribution in [1.82, 2.24) is 5.32 Å². The summed E-state index contributed by atoms with van der Waals surface area (Å²) in [6.45, 7) is 0.821. The van der Waals surface area contributed by atoms with Gasteiger partial charge in [0.1, 0.15) is 23.9 Å². The summed E-state index contributed by atoms with van der Waals surface area (Å²) in [5, 5.41) is 3.08. The van der Waals surface area contributed by atoms with Gasteiger partial charge in [0, 0.05) is 22.1 Å². The molecule has 0 spiro atoms. The number of benzene rings is 2. The molecule has 0 aliphatic rings. The van der Waals surface area contributed by atoms with E-state index in [1.807, 2.05) is 25.2 Å². The minimum absolute atomic E-state index is 0.175. The van der Waals surface area contributed by atoms with Gasteiger partial charge in [-0.3, -0.25) is 0 Å². The van der Waals surface area contributed by atoms with Crippen LogP contribution in [0, 0.1) is 5.82 Å². The van der Waals surface area contributed by atoms with Crippen molar-refractivity contribution >= 4 is 15.9 Å². The van der Waals surface area contributed by atoms with E-state index < -0.39 is 0 Å². The molecule has 0 radical (unpaired) electrons. The van der Waals surface area contributed by atoms with Crippen LogP contribution in [0.1, 0.15) is 11.1 Å². The topological polar surface area (TPSA) is 30.5 Å². The third-order valence-electron chi connectivity index (χ3n) is 3.03. The van der Waals surface area contributed by atoms with Gasteiger partial charge in [0.05, 0.1) is 7.11 Å². The molecule has 2 rings (SSSR count). The third-order valence-corrected chi connectivity index (χ3v) is 3.52. The lowest BCUT2D eigenvalue weighted by atomic mass is 10.2. The van der Waals surface area contributed by atoms with Gasteiger partial charge >= 0.3 is 0 Å². The molecule has 0 saturated carbocycles. The Morgan fingerprint density at radius 3 is 2.67 bits per heavy atom. The molecular weight excluding hydrogens is 337 g/mol. The quantitative estimate of drug-likeness (QED) is 0.854. The van der Waals surface area contributed by atoms with Crippen LogP contribution in [0.4, 0.5) is 4.39 Å². The number of nitrogens with one attached hydrogen (secondary N) is 1. The Kier molecular flexibility index (Phi) is 5.59. The number of methoxy groups -OCH3 is 1. The van der Waals surface area contributed by atoms with Crippen molar-refractivity contribution in [2.75, 3.05) is 14.2 Å². The molecule has 0 aliphatic carbocycles. The Balaban J connectivity index is 2.17. The largest absolute Gasteiger partial charge is 0.497 e. The van der Waals surface area contributed by atoms with Gasteiger partial charge in [-0.2, -0.15) is 0 Å². The molecule has 0 aliphatic heterocycles. The molecule has 0 heterocycles. The zero-order valence-electron chi connectivity index (χ0n) is 12.0. The number of halogens is 2. The number of ether oxygens (including phenoxy) is 2. The van der Waals surface area contributed by atoms with E-state index in [0.717, 1.165) is 15.8 Å². The van der Waals surface area contributed by atoms with Gasteiger partial charge < -0.3 is 14.8 Å². The summed E-state index contributed by atoms with van der Waals surface area (Å²) < 4.78 is 25.5. The molecule has 2 aromatic rings. The van der Waals surface area contributed by atoms with Gasteiger partial charge in [-0.05, 0) is 43.4 Å². The van der Waals surface area contributed by atoms with Crippen molar-refractivity contribution < 1.29 is 13.9 Å². The molecule has 2 aromatic carbocycles. The Labute approximate surface area is 132 Å². The summed E-state index contributed by atoms with van der Waals surface area (Å²) in [6, 6.07) is 10.4. The van der Waals surface area contributed by atoms with Crippen LogP contribution in [0.2, 0.25) is 0 Å². The van der Waals surface area contributed by atoms with Crippen molar-refractivity contribution in [3.05, 3.63) is 57.8 Å². The minimum atomic E-state index is -0.276. The summed E-state index contributed by atoms with van der Waals surface area (Å²) in [6.07, 6.45) is 0. The van der Waals surface area contributed by atoms with E-state index >= 15 is 0 Å². The van der Waals surface area contributed by atoms with E-state index in [9.17, 15) is 4.39 Å². The molecular formula is C16H17BrFNO2. The summed E-state index contributed by atoms with van der Waals surface area (Å²) in [5.41, 5.74) is 1.47. The molecule has 1 N–H and O–H groups in total. The molecule has 3 nitrogen and oxygen atoms in total. The zero-order valence-corrected chi connectivity index (χ0v) is 13.5. The highest BCUT2D eigenvalue weighted by molar-refractivity contribution is 9.10. The summed E-state index contributed by atoms with van der Waals surface area (Å²) in [7, 11) is 3.48. The fourth-order valence-corrected chi connectivity index (χ4v) is 2.37. The average Bonchev–Trinajstić information content (AvgIpc) is 2.49. The lowest BCUT2D eigenvalue weighted by Gasteiger charge is -2.13. The molecule has 0 atom stereocenters. The van der Waals surface area contributed by atoms with Crippen LogP contribution in [0.15, 0.2) is 40.9 Å². The van der Waals surface area contributed by atoms with Gasteiger partial charge in [-0.15, -0.1) is 0 Å². The maximum absolute atomic E-state index is 13.7. The van der Waals surface area contributed by atoms with E-state index in [1.165, 1.54) is 6.07 Å². The van der Waals surface area contributed by atoms with Gasteiger partial charge in [-0.1, -0.05) is 15.9 Å². The first-order chi connectivity index (χ1) is 10.1. The highest BCUT2D eigenvalue weighted by Gasteiger charge is 2.08. The van der Waals surface area contributed by atoms with Crippen molar-refractivity contribution in [2.24, 2.45) is 0 Å². The van der Waals surface area contributed by atoms with Crippen molar-refractivity contribution in [3.63, 3.8) is 0 Å². The van der Waals surface area contributed by atoms with E-state index in [-0.39, 0.29) is 12.4 Å².